The van der Waals surface area contributed by atoms with E-state index in [1.54, 1.807) is 0 Å². The fourth-order valence-electron chi connectivity index (χ4n) is 5.88. The number of allylic oxidation sites excluding steroid dienone is 2. The number of amides is 1. The molecule has 4 unspecified atom stereocenters. The lowest BCUT2D eigenvalue weighted by Crippen LogP contribution is -2.47. The van der Waals surface area contributed by atoms with Gasteiger partial charge in [-0.05, 0) is 38.5 Å². The molecule has 0 rings (SSSR count). The van der Waals surface area contributed by atoms with E-state index in [9.17, 15) is 24.5 Å². The van der Waals surface area contributed by atoms with E-state index in [4.69, 9.17) is 14.8 Å². The molecule has 0 aromatic carbocycles. The average Bonchev–Trinajstić information content (AvgIpc) is 3.06. The summed E-state index contributed by atoms with van der Waals surface area (Å²) in [6.45, 7) is 4.02. The Kier molecular flexibility index (Phi) is 34.1. The molecule has 48 heavy (non-hydrogen) atoms. The predicted octanol–water partition coefficient (Wildman–Crippen LogP) is 9.41. The number of unbranched alkanes of at least 4 members (excludes halogenated alkanes) is 21. The minimum absolute atomic E-state index is 0.0591. The first kappa shape index (κ1) is 47.2. The smallest absolute Gasteiger partial charge is 0.393 e. The molecule has 0 aliphatic carbocycles. The van der Waals surface area contributed by atoms with E-state index in [0.717, 1.165) is 51.4 Å². The quantitative estimate of drug-likeness (QED) is 0.0244. The van der Waals surface area contributed by atoms with Crippen molar-refractivity contribution < 1.29 is 33.5 Å². The number of nitrogens with one attached hydrogen (secondary N) is 1. The lowest BCUT2D eigenvalue weighted by Gasteiger charge is -2.25. The Morgan fingerprint density at radius 3 is 1.62 bits per heavy atom. The van der Waals surface area contributed by atoms with Crippen molar-refractivity contribution in [3.63, 3.8) is 0 Å². The third-order valence-electron chi connectivity index (χ3n) is 8.92. The van der Waals surface area contributed by atoms with Gasteiger partial charge in [-0.15, -0.1) is 0 Å². The summed E-state index contributed by atoms with van der Waals surface area (Å²) >= 11 is 0. The maximum atomic E-state index is 12.8. The van der Waals surface area contributed by atoms with E-state index < -0.39 is 32.0 Å². The zero-order chi connectivity index (χ0) is 35.6. The Balaban J connectivity index is 4.35. The van der Waals surface area contributed by atoms with Gasteiger partial charge in [0.15, 0.2) is 0 Å². The standard InChI is InChI=1S/C38H77N2O7P/c1-3-5-7-9-11-13-15-17-18-19-21-23-25-27-29-35(41)33-38(43)40-36(34-47-48(44,45)46-32-31-39)37(42)30-28-26-24-22-20-16-14-12-10-8-6-4-2/h18-19,35-37,41-42H,3-17,20-34,39H2,1-2H3,(H,40,43)(H,44,45)/b19-18-. The van der Waals surface area contributed by atoms with Gasteiger partial charge in [0.2, 0.25) is 5.91 Å². The van der Waals surface area contributed by atoms with Crippen LogP contribution in [0, 0.1) is 0 Å². The maximum absolute atomic E-state index is 12.8. The molecule has 0 fully saturated rings. The monoisotopic (exact) mass is 705 g/mol. The summed E-state index contributed by atoms with van der Waals surface area (Å²) < 4.78 is 22.0. The summed E-state index contributed by atoms with van der Waals surface area (Å²) in [5, 5.41) is 24.1. The molecule has 286 valence electrons. The number of aliphatic hydroxyl groups is 2. The minimum atomic E-state index is -4.37. The molecule has 10 heteroatoms. The van der Waals surface area contributed by atoms with E-state index in [1.807, 2.05) is 0 Å². The van der Waals surface area contributed by atoms with Crippen LogP contribution < -0.4 is 11.1 Å². The maximum Gasteiger partial charge on any atom is 0.472 e. The van der Waals surface area contributed by atoms with Crippen LogP contribution in [0.15, 0.2) is 12.2 Å². The number of aliphatic hydroxyl groups excluding tert-OH is 2. The number of carbonyl (C=O) groups excluding carboxylic acids is 1. The van der Waals surface area contributed by atoms with E-state index in [0.29, 0.717) is 12.8 Å². The third-order valence-corrected chi connectivity index (χ3v) is 9.91. The second kappa shape index (κ2) is 34.6. The van der Waals surface area contributed by atoms with Crippen LogP contribution >= 0.6 is 7.82 Å². The molecule has 6 N–H and O–H groups in total. The molecule has 0 bridgehead atoms. The Morgan fingerprint density at radius 1 is 0.688 bits per heavy atom. The molecule has 0 saturated heterocycles. The van der Waals surface area contributed by atoms with Gasteiger partial charge in [0, 0.05) is 6.54 Å². The van der Waals surface area contributed by atoms with Gasteiger partial charge in [-0.25, -0.2) is 4.57 Å². The number of carbonyl (C=O) groups is 1. The first-order valence-electron chi connectivity index (χ1n) is 19.9. The average molecular weight is 705 g/mol. The summed E-state index contributed by atoms with van der Waals surface area (Å²) in [5.41, 5.74) is 5.35. The van der Waals surface area contributed by atoms with Crippen LogP contribution in [-0.2, 0) is 18.4 Å². The Bertz CT molecular complexity index is 786. The predicted molar refractivity (Wildman–Crippen MR) is 200 cm³/mol. The van der Waals surface area contributed by atoms with E-state index in [2.05, 4.69) is 31.3 Å². The van der Waals surface area contributed by atoms with Gasteiger partial charge in [-0.1, -0.05) is 154 Å². The zero-order valence-electron chi connectivity index (χ0n) is 31.1. The fourth-order valence-corrected chi connectivity index (χ4v) is 6.64. The molecule has 0 heterocycles. The lowest BCUT2D eigenvalue weighted by atomic mass is 10.0. The fraction of sp³-hybridized carbons (Fsp3) is 0.921. The molecule has 0 saturated carbocycles. The zero-order valence-corrected chi connectivity index (χ0v) is 32.0. The number of hydrogen-bond donors (Lipinski definition) is 5. The van der Waals surface area contributed by atoms with Gasteiger partial charge in [0.1, 0.15) is 0 Å². The molecule has 0 aromatic rings. The highest BCUT2D eigenvalue weighted by Crippen LogP contribution is 2.43. The minimum Gasteiger partial charge on any atom is -0.393 e. The normalized spacial score (nSPS) is 15.0. The highest BCUT2D eigenvalue weighted by Gasteiger charge is 2.28. The molecule has 0 spiro atoms. The van der Waals surface area contributed by atoms with E-state index in [-0.39, 0.29) is 26.2 Å². The van der Waals surface area contributed by atoms with Crippen molar-refractivity contribution in [3.05, 3.63) is 12.2 Å². The molecule has 0 radical (unpaired) electrons. The van der Waals surface area contributed by atoms with Crippen molar-refractivity contribution in [2.45, 2.75) is 205 Å². The second-order valence-electron chi connectivity index (χ2n) is 13.7. The number of hydrogen-bond acceptors (Lipinski definition) is 7. The van der Waals surface area contributed by atoms with Crippen LogP contribution in [0.2, 0.25) is 0 Å². The summed E-state index contributed by atoms with van der Waals surface area (Å²) in [6.07, 6.45) is 32.5. The van der Waals surface area contributed by atoms with Gasteiger partial charge in [0.05, 0.1) is 37.9 Å². The SMILES string of the molecule is CCCCCCCCC/C=C\CCCCCC(O)CC(=O)NC(COP(=O)(O)OCCN)C(O)CCCCCCCCCCCCCC. The van der Waals surface area contributed by atoms with Gasteiger partial charge >= 0.3 is 7.82 Å². The molecule has 0 aromatic heterocycles. The van der Waals surface area contributed by atoms with Crippen LogP contribution in [0.25, 0.3) is 0 Å². The van der Waals surface area contributed by atoms with Crippen LogP contribution in [0.3, 0.4) is 0 Å². The Hall–Kier alpha value is -0.800. The van der Waals surface area contributed by atoms with Crippen LogP contribution in [-0.4, -0.2) is 59.0 Å². The van der Waals surface area contributed by atoms with Crippen LogP contribution in [0.5, 0.6) is 0 Å². The van der Waals surface area contributed by atoms with E-state index in [1.165, 1.54) is 103 Å². The summed E-state index contributed by atoms with van der Waals surface area (Å²) in [4.78, 5) is 22.7. The third kappa shape index (κ3) is 32.4. The Morgan fingerprint density at radius 2 is 1.12 bits per heavy atom. The molecular formula is C38H77N2O7P. The van der Waals surface area contributed by atoms with Crippen molar-refractivity contribution in [1.82, 2.24) is 5.32 Å². The summed E-state index contributed by atoms with van der Waals surface area (Å²) in [6, 6.07) is -0.896. The van der Waals surface area contributed by atoms with E-state index >= 15 is 0 Å². The molecule has 1 amide bonds. The van der Waals surface area contributed by atoms with Crippen molar-refractivity contribution in [2.24, 2.45) is 5.73 Å². The van der Waals surface area contributed by atoms with Crippen molar-refractivity contribution in [2.75, 3.05) is 19.8 Å². The summed E-state index contributed by atoms with van der Waals surface area (Å²) in [7, 11) is -4.37. The lowest BCUT2D eigenvalue weighted by molar-refractivity contribution is -0.125. The van der Waals surface area contributed by atoms with Crippen LogP contribution in [0.4, 0.5) is 0 Å². The molecule has 0 aliphatic rings. The Labute approximate surface area is 295 Å². The molecule has 9 nitrogen and oxygen atoms in total. The number of rotatable bonds is 37. The number of phosphoric acid groups is 1. The van der Waals surface area contributed by atoms with Gasteiger partial charge in [-0.3, -0.25) is 13.8 Å². The van der Waals surface area contributed by atoms with Crippen molar-refractivity contribution in [1.29, 1.82) is 0 Å². The first-order chi connectivity index (χ1) is 23.3. The second-order valence-corrected chi connectivity index (χ2v) is 15.1. The van der Waals surface area contributed by atoms with Gasteiger partial charge in [0.25, 0.3) is 0 Å². The number of nitrogens with two attached hydrogens (primary N) is 1. The molecule has 0 aliphatic heterocycles. The molecule has 4 atom stereocenters. The first-order valence-corrected chi connectivity index (χ1v) is 21.4. The van der Waals surface area contributed by atoms with Gasteiger partial charge < -0.3 is 26.2 Å². The highest BCUT2D eigenvalue weighted by atomic mass is 31.2. The number of phosphoric ester groups is 1. The van der Waals surface area contributed by atoms with Crippen LogP contribution in [0.1, 0.15) is 187 Å². The van der Waals surface area contributed by atoms with Crippen molar-refractivity contribution in [3.8, 4) is 0 Å². The van der Waals surface area contributed by atoms with Gasteiger partial charge in [-0.2, -0.15) is 0 Å². The highest BCUT2D eigenvalue weighted by molar-refractivity contribution is 7.47. The van der Waals surface area contributed by atoms with Crippen molar-refractivity contribution >= 4 is 13.7 Å². The topological polar surface area (TPSA) is 151 Å². The summed E-state index contributed by atoms with van der Waals surface area (Å²) in [5.74, 6) is -0.422. The molecular weight excluding hydrogens is 627 g/mol. The largest absolute Gasteiger partial charge is 0.472 e.